The van der Waals surface area contributed by atoms with E-state index in [-0.39, 0.29) is 11.4 Å². The minimum Gasteiger partial charge on any atom is -0.494 e. The van der Waals surface area contributed by atoms with E-state index in [0.29, 0.717) is 17.9 Å². The summed E-state index contributed by atoms with van der Waals surface area (Å²) in [5.74, 6) is -0.247. The highest BCUT2D eigenvalue weighted by molar-refractivity contribution is 5.95. The smallest absolute Gasteiger partial charge is 0.276 e. The number of nitro benzene ring substituents is 1. The Balaban J connectivity index is 1.72. The molecule has 0 aliphatic carbocycles. The number of benzene rings is 2. The van der Waals surface area contributed by atoms with Gasteiger partial charge in [-0.05, 0) is 36.8 Å². The van der Waals surface area contributed by atoms with Crippen LogP contribution in [0.1, 0.15) is 43.0 Å². The lowest BCUT2D eigenvalue weighted by Crippen LogP contribution is -2.43. The van der Waals surface area contributed by atoms with Crippen molar-refractivity contribution in [2.45, 2.75) is 32.6 Å². The third kappa shape index (κ3) is 7.78. The quantitative estimate of drug-likeness (QED) is 0.330. The number of amides is 2. The van der Waals surface area contributed by atoms with Crippen molar-refractivity contribution in [2.24, 2.45) is 0 Å². The van der Waals surface area contributed by atoms with Gasteiger partial charge in [0.1, 0.15) is 11.5 Å². The highest BCUT2D eigenvalue weighted by Crippen LogP contribution is 2.18. The second kappa shape index (κ2) is 12.1. The third-order valence-corrected chi connectivity index (χ3v) is 4.10. The first-order chi connectivity index (χ1) is 14.5. The van der Waals surface area contributed by atoms with Crippen LogP contribution in [0.25, 0.3) is 0 Å². The predicted molar refractivity (Wildman–Crippen MR) is 110 cm³/mol. The fraction of sp³-hybridized carbons (Fsp3) is 0.333. The summed E-state index contributed by atoms with van der Waals surface area (Å²) in [7, 11) is 0. The average Bonchev–Trinajstić information content (AvgIpc) is 2.76. The van der Waals surface area contributed by atoms with E-state index in [4.69, 9.17) is 9.47 Å². The van der Waals surface area contributed by atoms with Gasteiger partial charge in [-0.2, -0.15) is 0 Å². The summed E-state index contributed by atoms with van der Waals surface area (Å²) in [5.41, 5.74) is 4.72. The van der Waals surface area contributed by atoms with Crippen LogP contribution in [0.3, 0.4) is 0 Å². The molecule has 0 atom stereocenters. The van der Waals surface area contributed by atoms with Crippen LogP contribution >= 0.6 is 0 Å². The van der Waals surface area contributed by atoms with Crippen LogP contribution in [0.4, 0.5) is 5.69 Å². The van der Waals surface area contributed by atoms with Gasteiger partial charge in [0.25, 0.3) is 17.5 Å². The molecule has 0 aromatic heterocycles. The van der Waals surface area contributed by atoms with Crippen molar-refractivity contribution < 1.29 is 24.0 Å². The van der Waals surface area contributed by atoms with Crippen molar-refractivity contribution in [1.29, 1.82) is 0 Å². The number of rotatable bonds is 11. The van der Waals surface area contributed by atoms with Crippen LogP contribution < -0.4 is 20.3 Å². The summed E-state index contributed by atoms with van der Waals surface area (Å²) in [4.78, 5) is 34.1. The zero-order valence-corrected chi connectivity index (χ0v) is 16.8. The molecule has 2 aromatic carbocycles. The predicted octanol–water partition coefficient (Wildman–Crippen LogP) is 3.39. The van der Waals surface area contributed by atoms with Gasteiger partial charge in [0.05, 0.1) is 17.6 Å². The molecule has 0 spiro atoms. The van der Waals surface area contributed by atoms with E-state index in [0.717, 1.165) is 12.8 Å². The normalized spacial score (nSPS) is 10.2. The molecule has 9 nitrogen and oxygen atoms in total. The number of non-ortho nitro benzene ring substituents is 1. The van der Waals surface area contributed by atoms with E-state index in [2.05, 4.69) is 17.8 Å². The van der Waals surface area contributed by atoms with E-state index in [1.54, 1.807) is 24.3 Å². The average molecular weight is 415 g/mol. The van der Waals surface area contributed by atoms with Crippen LogP contribution in [0.2, 0.25) is 0 Å². The molecular formula is C21H25N3O6. The van der Waals surface area contributed by atoms with Gasteiger partial charge in [-0.25, -0.2) is 0 Å². The van der Waals surface area contributed by atoms with E-state index < -0.39 is 23.3 Å². The van der Waals surface area contributed by atoms with Gasteiger partial charge in [0.2, 0.25) is 0 Å². The lowest BCUT2D eigenvalue weighted by molar-refractivity contribution is -0.384. The van der Waals surface area contributed by atoms with Crippen LogP contribution in [0.15, 0.2) is 48.5 Å². The third-order valence-electron chi connectivity index (χ3n) is 4.10. The molecule has 0 aliphatic heterocycles. The Labute approximate surface area is 174 Å². The number of unbranched alkanes of at least 4 members (excludes halogenated alkanes) is 3. The van der Waals surface area contributed by atoms with Crippen molar-refractivity contribution in [3.8, 4) is 11.5 Å². The van der Waals surface area contributed by atoms with E-state index in [9.17, 15) is 19.7 Å². The van der Waals surface area contributed by atoms with Gasteiger partial charge in [0, 0.05) is 11.6 Å². The minimum atomic E-state index is -0.609. The highest BCUT2D eigenvalue weighted by Gasteiger charge is 2.10. The molecule has 0 radical (unpaired) electrons. The zero-order valence-electron chi connectivity index (χ0n) is 16.8. The number of nitrogens with zero attached hydrogens (tertiary/aromatic N) is 1. The summed E-state index contributed by atoms with van der Waals surface area (Å²) < 4.78 is 10.8. The number of ether oxygens (including phenoxy) is 2. The molecule has 0 bridgehead atoms. The molecule has 9 heteroatoms. The van der Waals surface area contributed by atoms with E-state index in [1.807, 2.05) is 0 Å². The molecule has 0 unspecified atom stereocenters. The fourth-order valence-corrected chi connectivity index (χ4v) is 2.49. The second-order valence-electron chi connectivity index (χ2n) is 6.48. The Hall–Kier alpha value is -3.62. The van der Waals surface area contributed by atoms with E-state index in [1.165, 1.54) is 37.1 Å². The molecule has 160 valence electrons. The highest BCUT2D eigenvalue weighted by atomic mass is 16.6. The molecule has 0 heterocycles. The summed E-state index contributed by atoms with van der Waals surface area (Å²) >= 11 is 0. The first-order valence-corrected chi connectivity index (χ1v) is 9.69. The molecule has 30 heavy (non-hydrogen) atoms. The maximum Gasteiger partial charge on any atom is 0.276 e. The summed E-state index contributed by atoms with van der Waals surface area (Å²) in [6, 6.07) is 12.1. The van der Waals surface area contributed by atoms with Crippen LogP contribution in [0, 0.1) is 10.1 Å². The molecular weight excluding hydrogens is 390 g/mol. The van der Waals surface area contributed by atoms with Crippen LogP contribution in [-0.4, -0.2) is 30.0 Å². The van der Waals surface area contributed by atoms with Crippen molar-refractivity contribution in [3.63, 3.8) is 0 Å². The SMILES string of the molecule is CCCCCCOc1ccc(C(=O)NNC(=O)COc2cccc([N+](=O)[O-])c2)cc1. The van der Waals surface area contributed by atoms with Crippen molar-refractivity contribution in [1.82, 2.24) is 10.9 Å². The fourth-order valence-electron chi connectivity index (χ4n) is 2.49. The molecule has 2 N–H and O–H groups in total. The zero-order chi connectivity index (χ0) is 21.8. The maximum atomic E-state index is 12.1. The molecule has 2 rings (SSSR count). The summed E-state index contributed by atoms with van der Waals surface area (Å²) in [6.45, 7) is 2.37. The lowest BCUT2D eigenvalue weighted by Gasteiger charge is -2.10. The number of hydrogen-bond donors (Lipinski definition) is 2. The number of carbonyl (C=O) groups excluding carboxylic acids is 2. The topological polar surface area (TPSA) is 120 Å². The maximum absolute atomic E-state index is 12.1. The van der Waals surface area contributed by atoms with Crippen molar-refractivity contribution >= 4 is 17.5 Å². The van der Waals surface area contributed by atoms with Gasteiger partial charge >= 0.3 is 0 Å². The second-order valence-corrected chi connectivity index (χ2v) is 6.48. The molecule has 0 saturated carbocycles. The number of hydrogen-bond acceptors (Lipinski definition) is 6. The van der Waals surface area contributed by atoms with Gasteiger partial charge in [-0.15, -0.1) is 0 Å². The number of nitro groups is 1. The molecule has 0 fully saturated rings. The molecule has 2 aromatic rings. The Bertz CT molecular complexity index is 854. The van der Waals surface area contributed by atoms with E-state index >= 15 is 0 Å². The van der Waals surface area contributed by atoms with Crippen LogP contribution in [0.5, 0.6) is 11.5 Å². The number of hydrazine groups is 1. The Morgan fingerprint density at radius 2 is 1.73 bits per heavy atom. The van der Waals surface area contributed by atoms with Crippen molar-refractivity contribution in [3.05, 3.63) is 64.2 Å². The Morgan fingerprint density at radius 3 is 2.43 bits per heavy atom. The van der Waals surface area contributed by atoms with Gasteiger partial charge in [-0.1, -0.05) is 32.3 Å². The Kier molecular flexibility index (Phi) is 9.11. The monoisotopic (exact) mass is 415 g/mol. The molecule has 0 aliphatic rings. The molecule has 0 saturated heterocycles. The largest absolute Gasteiger partial charge is 0.494 e. The first-order valence-electron chi connectivity index (χ1n) is 9.69. The van der Waals surface area contributed by atoms with Crippen molar-refractivity contribution in [2.75, 3.05) is 13.2 Å². The van der Waals surface area contributed by atoms with Gasteiger partial charge < -0.3 is 9.47 Å². The number of nitrogens with one attached hydrogen (secondary N) is 2. The summed E-state index contributed by atoms with van der Waals surface area (Å²) in [5, 5.41) is 10.7. The molecule has 2 amide bonds. The van der Waals surface area contributed by atoms with Crippen LogP contribution in [-0.2, 0) is 4.79 Å². The minimum absolute atomic E-state index is 0.144. The summed E-state index contributed by atoms with van der Waals surface area (Å²) in [6.07, 6.45) is 4.47. The lowest BCUT2D eigenvalue weighted by atomic mass is 10.2. The van der Waals surface area contributed by atoms with Gasteiger partial charge in [0.15, 0.2) is 6.61 Å². The van der Waals surface area contributed by atoms with Gasteiger partial charge in [-0.3, -0.25) is 30.6 Å². The standard InChI is InChI=1S/C21H25N3O6/c1-2-3-4-5-13-29-18-11-9-16(10-12-18)21(26)23-22-20(25)15-30-19-8-6-7-17(14-19)24(27)28/h6-12,14H,2-5,13,15H2,1H3,(H,22,25)(H,23,26). The first kappa shape index (κ1) is 22.7. The Morgan fingerprint density at radius 1 is 0.967 bits per heavy atom. The number of carbonyl (C=O) groups is 2.